The lowest BCUT2D eigenvalue weighted by atomic mass is 10.2. The van der Waals surface area contributed by atoms with Gasteiger partial charge in [-0.3, -0.25) is 13.9 Å². The number of ether oxygens (including phenoxy) is 1. The standard InChI is InChI=1S/C10H19NO5S/c1-4-11-7-8(16-17(3,13)14)6-9(11)10(12)15-5-2/h8-9H,4-7H2,1-3H3/t8-,9+/m1/s1. The van der Waals surface area contributed by atoms with E-state index in [1.54, 1.807) is 6.92 Å². The van der Waals surface area contributed by atoms with Crippen LogP contribution >= 0.6 is 0 Å². The van der Waals surface area contributed by atoms with Crippen LogP contribution in [-0.2, 0) is 23.8 Å². The van der Waals surface area contributed by atoms with E-state index in [9.17, 15) is 13.2 Å². The zero-order chi connectivity index (χ0) is 13.1. The molecule has 1 aliphatic heterocycles. The summed E-state index contributed by atoms with van der Waals surface area (Å²) in [6.45, 7) is 5.08. The van der Waals surface area contributed by atoms with Crippen molar-refractivity contribution in [2.45, 2.75) is 32.4 Å². The van der Waals surface area contributed by atoms with Gasteiger partial charge in [-0.25, -0.2) is 0 Å². The average molecular weight is 265 g/mol. The van der Waals surface area contributed by atoms with Crippen LogP contribution in [0.25, 0.3) is 0 Å². The first-order chi connectivity index (χ1) is 7.87. The van der Waals surface area contributed by atoms with Crippen molar-refractivity contribution in [1.82, 2.24) is 4.90 Å². The summed E-state index contributed by atoms with van der Waals surface area (Å²) in [4.78, 5) is 13.5. The Morgan fingerprint density at radius 3 is 2.53 bits per heavy atom. The van der Waals surface area contributed by atoms with Crippen molar-refractivity contribution in [3.8, 4) is 0 Å². The van der Waals surface area contributed by atoms with Gasteiger partial charge >= 0.3 is 5.97 Å². The van der Waals surface area contributed by atoms with E-state index in [-0.39, 0.29) is 5.97 Å². The van der Waals surface area contributed by atoms with E-state index < -0.39 is 22.3 Å². The first kappa shape index (κ1) is 14.4. The average Bonchev–Trinajstić information content (AvgIpc) is 2.58. The first-order valence-electron chi connectivity index (χ1n) is 5.66. The van der Waals surface area contributed by atoms with Crippen LogP contribution in [0.5, 0.6) is 0 Å². The number of nitrogens with zero attached hydrogens (tertiary/aromatic N) is 1. The van der Waals surface area contributed by atoms with Crippen LogP contribution < -0.4 is 0 Å². The minimum Gasteiger partial charge on any atom is -0.465 e. The van der Waals surface area contributed by atoms with Crippen molar-refractivity contribution in [3.05, 3.63) is 0 Å². The molecule has 0 amide bonds. The normalized spacial score (nSPS) is 26.1. The fourth-order valence-electron chi connectivity index (χ4n) is 2.01. The summed E-state index contributed by atoms with van der Waals surface area (Å²) in [7, 11) is -3.48. The number of hydrogen-bond donors (Lipinski definition) is 0. The van der Waals surface area contributed by atoms with Crippen molar-refractivity contribution in [3.63, 3.8) is 0 Å². The molecule has 6 nitrogen and oxygen atoms in total. The lowest BCUT2D eigenvalue weighted by molar-refractivity contribution is -0.148. The van der Waals surface area contributed by atoms with Crippen LogP contribution in [0.2, 0.25) is 0 Å². The first-order valence-corrected chi connectivity index (χ1v) is 7.48. The third kappa shape index (κ3) is 4.25. The maximum atomic E-state index is 11.7. The number of likely N-dealkylation sites (tertiary alicyclic amines) is 1. The van der Waals surface area contributed by atoms with Gasteiger partial charge in [0, 0.05) is 13.0 Å². The van der Waals surface area contributed by atoms with Gasteiger partial charge in [-0.15, -0.1) is 0 Å². The van der Waals surface area contributed by atoms with Crippen LogP contribution in [0.4, 0.5) is 0 Å². The zero-order valence-electron chi connectivity index (χ0n) is 10.4. The summed E-state index contributed by atoms with van der Waals surface area (Å²) in [6, 6.07) is -0.397. The highest BCUT2D eigenvalue weighted by Crippen LogP contribution is 2.22. The highest BCUT2D eigenvalue weighted by atomic mass is 32.2. The molecule has 0 N–H and O–H groups in total. The van der Waals surface area contributed by atoms with Crippen molar-refractivity contribution in [2.75, 3.05) is 26.0 Å². The molecule has 0 aromatic heterocycles. The van der Waals surface area contributed by atoms with E-state index >= 15 is 0 Å². The van der Waals surface area contributed by atoms with Gasteiger partial charge < -0.3 is 4.74 Å². The second kappa shape index (κ2) is 5.79. The number of hydrogen-bond acceptors (Lipinski definition) is 6. The molecule has 0 radical (unpaired) electrons. The van der Waals surface area contributed by atoms with E-state index in [1.807, 2.05) is 11.8 Å². The quantitative estimate of drug-likeness (QED) is 0.514. The van der Waals surface area contributed by atoms with Gasteiger partial charge in [-0.2, -0.15) is 8.42 Å². The monoisotopic (exact) mass is 265 g/mol. The Kier molecular flexibility index (Phi) is 4.91. The molecule has 2 atom stereocenters. The Bertz CT molecular complexity index is 367. The largest absolute Gasteiger partial charge is 0.465 e. The molecule has 100 valence electrons. The van der Waals surface area contributed by atoms with Gasteiger partial charge in [-0.1, -0.05) is 6.92 Å². The van der Waals surface area contributed by atoms with Crippen molar-refractivity contribution >= 4 is 16.1 Å². The Hall–Kier alpha value is -0.660. The predicted octanol–water partition coefficient (Wildman–Crippen LogP) is -0.0115. The summed E-state index contributed by atoms with van der Waals surface area (Å²) in [5.74, 6) is -0.311. The van der Waals surface area contributed by atoms with Crippen LogP contribution in [0.15, 0.2) is 0 Å². The van der Waals surface area contributed by atoms with E-state index in [2.05, 4.69) is 0 Å². The second-order valence-corrected chi connectivity index (χ2v) is 5.61. The second-order valence-electron chi connectivity index (χ2n) is 4.01. The lowest BCUT2D eigenvalue weighted by Gasteiger charge is -2.20. The maximum Gasteiger partial charge on any atom is 0.323 e. The molecule has 0 aliphatic carbocycles. The number of carbonyl (C=O) groups is 1. The van der Waals surface area contributed by atoms with Crippen molar-refractivity contribution in [2.24, 2.45) is 0 Å². The molecule has 0 unspecified atom stereocenters. The maximum absolute atomic E-state index is 11.7. The molecule has 1 saturated heterocycles. The van der Waals surface area contributed by atoms with Gasteiger partial charge in [0.25, 0.3) is 10.1 Å². The van der Waals surface area contributed by atoms with Crippen LogP contribution in [0.1, 0.15) is 20.3 Å². The van der Waals surface area contributed by atoms with Crippen LogP contribution in [0.3, 0.4) is 0 Å². The molecule has 0 bridgehead atoms. The summed E-state index contributed by atoms with van der Waals surface area (Å²) < 4.78 is 31.9. The highest BCUT2D eigenvalue weighted by molar-refractivity contribution is 7.86. The summed E-state index contributed by atoms with van der Waals surface area (Å²) in [6.07, 6.45) is 0.917. The molecule has 0 spiro atoms. The Morgan fingerprint density at radius 1 is 1.41 bits per heavy atom. The topological polar surface area (TPSA) is 72.9 Å². The third-order valence-electron chi connectivity index (χ3n) is 2.64. The van der Waals surface area contributed by atoms with Crippen molar-refractivity contribution in [1.29, 1.82) is 0 Å². The molecule has 1 rings (SSSR count). The number of esters is 1. The molecule has 7 heteroatoms. The minimum atomic E-state index is -3.48. The Labute approximate surface area is 102 Å². The summed E-state index contributed by atoms with van der Waals surface area (Å²) >= 11 is 0. The van der Waals surface area contributed by atoms with Gasteiger partial charge in [-0.05, 0) is 13.5 Å². The molecule has 0 saturated carbocycles. The van der Waals surface area contributed by atoms with Crippen LogP contribution in [0, 0.1) is 0 Å². The minimum absolute atomic E-state index is 0.311. The van der Waals surface area contributed by atoms with Gasteiger partial charge in [0.05, 0.1) is 19.0 Å². The zero-order valence-corrected chi connectivity index (χ0v) is 11.2. The van der Waals surface area contributed by atoms with Gasteiger partial charge in [0.1, 0.15) is 6.04 Å². The SMILES string of the molecule is CCOC(=O)[C@@H]1C[C@@H](OS(C)(=O)=O)CN1CC. The molecule has 0 aromatic carbocycles. The third-order valence-corrected chi connectivity index (χ3v) is 3.26. The van der Waals surface area contributed by atoms with Gasteiger partial charge in [0.15, 0.2) is 0 Å². The Morgan fingerprint density at radius 2 is 2.06 bits per heavy atom. The Balaban J connectivity index is 2.65. The molecule has 1 heterocycles. The smallest absolute Gasteiger partial charge is 0.323 e. The molecule has 0 aromatic rings. The fourth-order valence-corrected chi connectivity index (χ4v) is 2.65. The van der Waals surface area contributed by atoms with E-state index in [4.69, 9.17) is 8.92 Å². The van der Waals surface area contributed by atoms with E-state index in [0.29, 0.717) is 26.1 Å². The van der Waals surface area contributed by atoms with E-state index in [1.165, 1.54) is 0 Å². The molecule has 1 aliphatic rings. The fraction of sp³-hybridized carbons (Fsp3) is 0.900. The van der Waals surface area contributed by atoms with Crippen molar-refractivity contribution < 1.29 is 22.1 Å². The summed E-state index contributed by atoms with van der Waals surface area (Å²) in [5, 5.41) is 0. The predicted molar refractivity (Wildman–Crippen MR) is 62.0 cm³/mol. The number of likely N-dealkylation sites (N-methyl/N-ethyl adjacent to an activating group) is 1. The molecular weight excluding hydrogens is 246 g/mol. The number of carbonyl (C=O) groups excluding carboxylic acids is 1. The molecule has 17 heavy (non-hydrogen) atoms. The van der Waals surface area contributed by atoms with Crippen LogP contribution in [-0.4, -0.2) is 57.4 Å². The lowest BCUT2D eigenvalue weighted by Crippen LogP contribution is -2.37. The highest BCUT2D eigenvalue weighted by Gasteiger charge is 2.38. The summed E-state index contributed by atoms with van der Waals surface area (Å²) in [5.41, 5.74) is 0. The molecule has 1 fully saturated rings. The molecular formula is C10H19NO5S. The number of rotatable bonds is 5. The van der Waals surface area contributed by atoms with Gasteiger partial charge in [0.2, 0.25) is 0 Å². The van der Waals surface area contributed by atoms with E-state index in [0.717, 1.165) is 6.26 Å².